The molecule has 1 aliphatic rings. The van der Waals surface area contributed by atoms with Crippen molar-refractivity contribution >= 4 is 23.2 Å². The largest absolute Gasteiger partial charge is 0.393 e. The second-order valence-electron chi connectivity index (χ2n) is 7.71. The van der Waals surface area contributed by atoms with Crippen LogP contribution in [0.2, 0.25) is 5.02 Å². The third-order valence-electron chi connectivity index (χ3n) is 6.09. The van der Waals surface area contributed by atoms with Crippen molar-refractivity contribution in [1.29, 1.82) is 0 Å². The summed E-state index contributed by atoms with van der Waals surface area (Å²) in [6, 6.07) is 14.5. The van der Waals surface area contributed by atoms with E-state index in [1.807, 2.05) is 18.2 Å². The minimum Gasteiger partial charge on any atom is -0.393 e. The van der Waals surface area contributed by atoms with Gasteiger partial charge in [-0.25, -0.2) is 0 Å². The average molecular weight is 391 g/mol. The Morgan fingerprint density at radius 2 is 1.73 bits per heavy atom. The van der Waals surface area contributed by atoms with Crippen LogP contribution in [0.1, 0.15) is 41.5 Å². The van der Waals surface area contributed by atoms with E-state index < -0.39 is 0 Å². The Morgan fingerprint density at radius 1 is 1.00 bits per heavy atom. The monoisotopic (exact) mass is 390 g/mol. The predicted octanol–water partition coefficient (Wildman–Crippen LogP) is 6.13. The lowest BCUT2D eigenvalue weighted by Crippen LogP contribution is -2.22. The van der Waals surface area contributed by atoms with Gasteiger partial charge in [0.25, 0.3) is 0 Å². The molecule has 140 valence electrons. The summed E-state index contributed by atoms with van der Waals surface area (Å²) < 4.78 is 0. The van der Waals surface area contributed by atoms with Crippen LogP contribution in [0.5, 0.6) is 0 Å². The van der Waals surface area contributed by atoms with Gasteiger partial charge in [0, 0.05) is 10.4 Å². The highest BCUT2D eigenvalue weighted by Gasteiger charge is 2.40. The van der Waals surface area contributed by atoms with Crippen LogP contribution in [0.4, 0.5) is 0 Å². The second kappa shape index (κ2) is 8.78. The van der Waals surface area contributed by atoms with Crippen LogP contribution in [-0.4, -0.2) is 16.6 Å². The molecule has 0 amide bonds. The Hall–Kier alpha value is -1.02. The molecule has 1 nitrogen and oxygen atoms in total. The van der Waals surface area contributed by atoms with Crippen LogP contribution in [0, 0.1) is 25.7 Å². The fraction of sp³-hybridized carbons (Fsp3) is 0.478. The van der Waals surface area contributed by atoms with E-state index in [1.54, 1.807) is 0 Å². The molecule has 1 saturated carbocycles. The summed E-state index contributed by atoms with van der Waals surface area (Å²) in [5, 5.41) is 11.4. The summed E-state index contributed by atoms with van der Waals surface area (Å²) in [5.41, 5.74) is 5.36. The number of aryl methyl sites for hydroxylation is 3. The van der Waals surface area contributed by atoms with Crippen molar-refractivity contribution in [1.82, 2.24) is 0 Å². The first-order valence-electron chi connectivity index (χ1n) is 9.57. The third-order valence-corrected chi connectivity index (χ3v) is 6.83. The van der Waals surface area contributed by atoms with Gasteiger partial charge in [-0.3, -0.25) is 0 Å². The molecule has 1 aliphatic carbocycles. The summed E-state index contributed by atoms with van der Waals surface area (Å²) in [7, 11) is 0. The number of aliphatic hydroxyl groups excluding tert-OH is 1. The zero-order valence-corrected chi connectivity index (χ0v) is 17.1. The molecule has 0 spiro atoms. The SMILES string of the molecule is Cc1cccc(CC[C@H]2C(Cl)CC(O)[C@@H]2CCc2cccc(Cl)c2)c1C. The van der Waals surface area contributed by atoms with Gasteiger partial charge in [-0.2, -0.15) is 0 Å². The standard InChI is InChI=1S/C23H28Cl2O/c1-15-5-3-7-18(16(15)2)10-12-20-21(23(26)14-22(20)25)11-9-17-6-4-8-19(24)13-17/h3-8,13,20-23,26H,9-12,14H2,1-2H3/t20-,21-,22?,23?/m1/s1. The fourth-order valence-corrected chi connectivity index (χ4v) is 5.07. The van der Waals surface area contributed by atoms with Crippen LogP contribution < -0.4 is 0 Å². The number of alkyl halides is 1. The Kier molecular flexibility index (Phi) is 6.66. The van der Waals surface area contributed by atoms with Gasteiger partial charge in [0.2, 0.25) is 0 Å². The van der Waals surface area contributed by atoms with E-state index in [-0.39, 0.29) is 17.4 Å². The van der Waals surface area contributed by atoms with Gasteiger partial charge >= 0.3 is 0 Å². The molecule has 0 aromatic heterocycles. The van der Waals surface area contributed by atoms with E-state index in [1.165, 1.54) is 22.3 Å². The molecule has 4 atom stereocenters. The molecule has 0 aliphatic heterocycles. The lowest BCUT2D eigenvalue weighted by Gasteiger charge is -2.24. The van der Waals surface area contributed by atoms with Crippen molar-refractivity contribution < 1.29 is 5.11 Å². The van der Waals surface area contributed by atoms with Crippen molar-refractivity contribution in [3.63, 3.8) is 0 Å². The number of halogens is 2. The zero-order chi connectivity index (χ0) is 18.7. The molecule has 0 heterocycles. The summed E-state index contributed by atoms with van der Waals surface area (Å²) in [6.07, 6.45) is 4.38. The van der Waals surface area contributed by atoms with Crippen LogP contribution >= 0.6 is 23.2 Å². The lowest BCUT2D eigenvalue weighted by atomic mass is 9.84. The quantitative estimate of drug-likeness (QED) is 0.588. The van der Waals surface area contributed by atoms with Crippen molar-refractivity contribution in [3.05, 3.63) is 69.7 Å². The molecule has 1 fully saturated rings. The van der Waals surface area contributed by atoms with Gasteiger partial charge in [-0.05, 0) is 92.2 Å². The van der Waals surface area contributed by atoms with Crippen molar-refractivity contribution in [3.8, 4) is 0 Å². The Bertz CT molecular complexity index is 743. The highest BCUT2D eigenvalue weighted by Crippen LogP contribution is 2.41. The number of hydrogen-bond acceptors (Lipinski definition) is 1. The molecular weight excluding hydrogens is 363 g/mol. The summed E-state index contributed by atoms with van der Waals surface area (Å²) in [6.45, 7) is 4.36. The van der Waals surface area contributed by atoms with Gasteiger partial charge in [0.05, 0.1) is 6.10 Å². The topological polar surface area (TPSA) is 20.2 Å². The fourth-order valence-electron chi connectivity index (χ4n) is 4.37. The molecular formula is C23H28Cl2O. The van der Waals surface area contributed by atoms with E-state index in [0.717, 1.165) is 30.7 Å². The molecule has 1 N–H and O–H groups in total. The van der Waals surface area contributed by atoms with E-state index in [9.17, 15) is 5.11 Å². The van der Waals surface area contributed by atoms with Crippen molar-refractivity contribution in [2.45, 2.75) is 57.4 Å². The van der Waals surface area contributed by atoms with Gasteiger partial charge in [-0.15, -0.1) is 11.6 Å². The average Bonchev–Trinajstić information content (AvgIpc) is 2.87. The van der Waals surface area contributed by atoms with Crippen LogP contribution in [-0.2, 0) is 12.8 Å². The first-order chi connectivity index (χ1) is 12.5. The maximum absolute atomic E-state index is 10.5. The van der Waals surface area contributed by atoms with Gasteiger partial charge in [0.15, 0.2) is 0 Å². The first-order valence-corrected chi connectivity index (χ1v) is 10.4. The van der Waals surface area contributed by atoms with Crippen LogP contribution in [0.25, 0.3) is 0 Å². The molecule has 0 radical (unpaired) electrons. The Balaban J connectivity index is 1.65. The molecule has 3 rings (SSSR count). The minimum absolute atomic E-state index is 0.0690. The zero-order valence-electron chi connectivity index (χ0n) is 15.6. The number of aliphatic hydroxyl groups is 1. The normalized spacial score (nSPS) is 25.6. The lowest BCUT2D eigenvalue weighted by molar-refractivity contribution is 0.110. The molecule has 26 heavy (non-hydrogen) atoms. The Morgan fingerprint density at radius 3 is 2.50 bits per heavy atom. The highest BCUT2D eigenvalue weighted by molar-refractivity contribution is 6.30. The highest BCUT2D eigenvalue weighted by atomic mass is 35.5. The van der Waals surface area contributed by atoms with E-state index in [0.29, 0.717) is 12.3 Å². The summed E-state index contributed by atoms with van der Waals surface area (Å²) in [5.74, 6) is 0.632. The smallest absolute Gasteiger partial charge is 0.0585 e. The van der Waals surface area contributed by atoms with Gasteiger partial charge in [0.1, 0.15) is 0 Å². The maximum atomic E-state index is 10.5. The predicted molar refractivity (Wildman–Crippen MR) is 111 cm³/mol. The third kappa shape index (κ3) is 4.63. The molecule has 2 aromatic rings. The van der Waals surface area contributed by atoms with Gasteiger partial charge in [-0.1, -0.05) is 41.9 Å². The molecule has 0 saturated heterocycles. The Labute approximate surface area is 167 Å². The number of hydrogen-bond donors (Lipinski definition) is 1. The molecule has 2 unspecified atom stereocenters. The number of benzene rings is 2. The van der Waals surface area contributed by atoms with Crippen molar-refractivity contribution in [2.75, 3.05) is 0 Å². The minimum atomic E-state index is -0.291. The van der Waals surface area contributed by atoms with Crippen molar-refractivity contribution in [2.24, 2.45) is 11.8 Å². The number of rotatable bonds is 6. The maximum Gasteiger partial charge on any atom is 0.0585 e. The second-order valence-corrected chi connectivity index (χ2v) is 8.71. The molecule has 2 aromatic carbocycles. The summed E-state index contributed by atoms with van der Waals surface area (Å²) in [4.78, 5) is 0. The first kappa shape index (κ1) is 19.7. The molecule has 3 heteroatoms. The van der Waals surface area contributed by atoms with Gasteiger partial charge < -0.3 is 5.11 Å². The molecule has 0 bridgehead atoms. The van der Waals surface area contributed by atoms with E-state index >= 15 is 0 Å². The van der Waals surface area contributed by atoms with E-state index in [2.05, 4.69) is 38.1 Å². The van der Waals surface area contributed by atoms with Crippen LogP contribution in [0.15, 0.2) is 42.5 Å². The van der Waals surface area contributed by atoms with E-state index in [4.69, 9.17) is 23.2 Å². The summed E-state index contributed by atoms with van der Waals surface area (Å²) >= 11 is 12.7. The van der Waals surface area contributed by atoms with Crippen LogP contribution in [0.3, 0.4) is 0 Å².